The van der Waals surface area contributed by atoms with Crippen molar-refractivity contribution >= 4 is 11.7 Å². The van der Waals surface area contributed by atoms with E-state index in [-0.39, 0.29) is 5.91 Å². The lowest BCUT2D eigenvalue weighted by Crippen LogP contribution is -2.25. The highest BCUT2D eigenvalue weighted by atomic mass is 16.5. The molecule has 2 aromatic rings. The van der Waals surface area contributed by atoms with Crippen LogP contribution in [0.15, 0.2) is 42.6 Å². The highest BCUT2D eigenvalue weighted by molar-refractivity contribution is 5.94. The number of pyridine rings is 1. The highest BCUT2D eigenvalue weighted by Gasteiger charge is 2.06. The zero-order valence-electron chi connectivity index (χ0n) is 13.6. The van der Waals surface area contributed by atoms with Crippen molar-refractivity contribution in [3.05, 3.63) is 53.7 Å². The van der Waals surface area contributed by atoms with Crippen molar-refractivity contribution < 1.29 is 9.53 Å². The zero-order valence-corrected chi connectivity index (χ0v) is 13.6. The molecule has 0 aliphatic rings. The molecule has 0 atom stereocenters. The Kier molecular flexibility index (Phi) is 6.41. The quantitative estimate of drug-likeness (QED) is 0.786. The molecular formula is C18H23N3O2. The molecule has 0 fully saturated rings. The molecule has 122 valence electrons. The van der Waals surface area contributed by atoms with Crippen LogP contribution in [0.5, 0.6) is 5.75 Å². The van der Waals surface area contributed by atoms with Crippen molar-refractivity contribution in [2.24, 2.45) is 0 Å². The normalized spacial score (nSPS) is 10.2. The van der Waals surface area contributed by atoms with Gasteiger partial charge < -0.3 is 15.4 Å². The smallest absolute Gasteiger partial charge is 0.251 e. The maximum atomic E-state index is 12.2. The summed E-state index contributed by atoms with van der Waals surface area (Å²) in [5, 5.41) is 6.11. The molecule has 2 rings (SSSR count). The number of benzene rings is 1. The number of hydrogen-bond acceptors (Lipinski definition) is 4. The first-order chi connectivity index (χ1) is 11.2. The monoisotopic (exact) mass is 313 g/mol. The van der Waals surface area contributed by atoms with Gasteiger partial charge in [0.25, 0.3) is 5.91 Å². The molecular weight excluding hydrogens is 290 g/mol. The summed E-state index contributed by atoms with van der Waals surface area (Å²) in [5.41, 5.74) is 1.78. The van der Waals surface area contributed by atoms with Crippen LogP contribution < -0.4 is 15.4 Å². The van der Waals surface area contributed by atoms with Crippen molar-refractivity contribution in [3.63, 3.8) is 0 Å². The van der Waals surface area contributed by atoms with Crippen molar-refractivity contribution in [2.45, 2.75) is 19.8 Å². The third kappa shape index (κ3) is 5.29. The fraction of sp³-hybridized carbons (Fsp3) is 0.333. The van der Waals surface area contributed by atoms with Gasteiger partial charge in [0.1, 0.15) is 11.6 Å². The van der Waals surface area contributed by atoms with Gasteiger partial charge in [-0.15, -0.1) is 0 Å². The zero-order chi connectivity index (χ0) is 16.5. The summed E-state index contributed by atoms with van der Waals surface area (Å²) < 4.78 is 5.13. The number of anilines is 1. The Morgan fingerprint density at radius 1 is 1.17 bits per heavy atom. The molecule has 0 aliphatic carbocycles. The molecule has 0 aliphatic heterocycles. The van der Waals surface area contributed by atoms with Gasteiger partial charge >= 0.3 is 0 Å². The number of amides is 1. The van der Waals surface area contributed by atoms with Crippen molar-refractivity contribution in [3.8, 4) is 5.75 Å². The van der Waals surface area contributed by atoms with E-state index >= 15 is 0 Å². The number of nitrogens with zero attached hydrogens (tertiary/aromatic N) is 1. The minimum atomic E-state index is -0.0829. The topological polar surface area (TPSA) is 63.2 Å². The number of hydrogen-bond donors (Lipinski definition) is 2. The predicted octanol–water partition coefficient (Wildman–Crippen LogP) is 2.88. The number of carbonyl (C=O) groups excluding carboxylic acids is 1. The van der Waals surface area contributed by atoms with Gasteiger partial charge in [0.05, 0.1) is 7.11 Å². The highest BCUT2D eigenvalue weighted by Crippen LogP contribution is 2.11. The summed E-state index contributed by atoms with van der Waals surface area (Å²) in [6.07, 6.45) is 3.44. The lowest BCUT2D eigenvalue weighted by molar-refractivity contribution is 0.0954. The van der Waals surface area contributed by atoms with Gasteiger partial charge in [-0.25, -0.2) is 4.98 Å². The third-order valence-corrected chi connectivity index (χ3v) is 3.44. The SMILES string of the molecule is CCCNc1cc(C(=O)NCCc2ccc(OC)cc2)ccn1. The molecule has 0 saturated carbocycles. The van der Waals surface area contributed by atoms with E-state index in [1.54, 1.807) is 25.4 Å². The van der Waals surface area contributed by atoms with Gasteiger partial charge in [0.15, 0.2) is 0 Å². The maximum absolute atomic E-state index is 12.2. The molecule has 23 heavy (non-hydrogen) atoms. The first kappa shape index (κ1) is 16.8. The van der Waals surface area contributed by atoms with E-state index in [4.69, 9.17) is 4.74 Å². The second kappa shape index (κ2) is 8.78. The van der Waals surface area contributed by atoms with E-state index in [1.807, 2.05) is 24.3 Å². The van der Waals surface area contributed by atoms with E-state index in [1.165, 1.54) is 0 Å². The van der Waals surface area contributed by atoms with Crippen LogP contribution in [-0.4, -0.2) is 31.1 Å². The Hall–Kier alpha value is -2.56. The van der Waals surface area contributed by atoms with E-state index in [9.17, 15) is 4.79 Å². The van der Waals surface area contributed by atoms with Crippen molar-refractivity contribution in [2.75, 3.05) is 25.5 Å². The van der Waals surface area contributed by atoms with Crippen LogP contribution in [0.4, 0.5) is 5.82 Å². The fourth-order valence-corrected chi connectivity index (χ4v) is 2.14. The number of ether oxygens (including phenoxy) is 1. The first-order valence-corrected chi connectivity index (χ1v) is 7.84. The van der Waals surface area contributed by atoms with Crippen molar-refractivity contribution in [1.29, 1.82) is 0 Å². The van der Waals surface area contributed by atoms with Gasteiger partial charge in [-0.2, -0.15) is 0 Å². The summed E-state index contributed by atoms with van der Waals surface area (Å²) in [4.78, 5) is 16.4. The predicted molar refractivity (Wildman–Crippen MR) is 92.0 cm³/mol. The lowest BCUT2D eigenvalue weighted by atomic mass is 10.1. The summed E-state index contributed by atoms with van der Waals surface area (Å²) >= 11 is 0. The summed E-state index contributed by atoms with van der Waals surface area (Å²) in [5.74, 6) is 1.48. The van der Waals surface area contributed by atoms with Crippen LogP contribution in [0.3, 0.4) is 0 Å². The van der Waals surface area contributed by atoms with Crippen LogP contribution >= 0.6 is 0 Å². The van der Waals surface area contributed by atoms with Crippen LogP contribution in [0.2, 0.25) is 0 Å². The number of rotatable bonds is 8. The average Bonchev–Trinajstić information content (AvgIpc) is 2.60. The Bertz CT molecular complexity index is 626. The maximum Gasteiger partial charge on any atom is 0.251 e. The third-order valence-electron chi connectivity index (χ3n) is 3.44. The Labute approximate surface area is 137 Å². The van der Waals surface area contributed by atoms with E-state index in [0.717, 1.165) is 36.5 Å². The second-order valence-corrected chi connectivity index (χ2v) is 5.21. The van der Waals surface area contributed by atoms with Crippen molar-refractivity contribution in [1.82, 2.24) is 10.3 Å². The molecule has 1 amide bonds. The molecule has 5 heteroatoms. The van der Waals surface area contributed by atoms with E-state index in [0.29, 0.717) is 12.1 Å². The molecule has 2 N–H and O–H groups in total. The van der Waals surface area contributed by atoms with Crippen LogP contribution in [0.1, 0.15) is 29.3 Å². The molecule has 0 spiro atoms. The molecule has 0 saturated heterocycles. The van der Waals surface area contributed by atoms with E-state index in [2.05, 4.69) is 22.5 Å². The standard InChI is InChI=1S/C18H23N3O2/c1-3-10-19-17-13-15(9-12-20-17)18(22)21-11-8-14-4-6-16(23-2)7-5-14/h4-7,9,12-13H,3,8,10-11H2,1-2H3,(H,19,20)(H,21,22). The number of nitrogens with one attached hydrogen (secondary N) is 2. The van der Waals surface area contributed by atoms with Gasteiger partial charge in [-0.3, -0.25) is 4.79 Å². The second-order valence-electron chi connectivity index (χ2n) is 5.21. The average molecular weight is 313 g/mol. The number of methoxy groups -OCH3 is 1. The van der Waals surface area contributed by atoms with Gasteiger partial charge in [0.2, 0.25) is 0 Å². The van der Waals surface area contributed by atoms with Gasteiger partial charge in [0, 0.05) is 24.8 Å². The molecule has 0 radical (unpaired) electrons. The summed E-state index contributed by atoms with van der Waals surface area (Å²) in [7, 11) is 1.65. The summed E-state index contributed by atoms with van der Waals surface area (Å²) in [6, 6.07) is 11.4. The van der Waals surface area contributed by atoms with Crippen LogP contribution in [-0.2, 0) is 6.42 Å². The number of carbonyl (C=O) groups is 1. The van der Waals surface area contributed by atoms with Crippen LogP contribution in [0.25, 0.3) is 0 Å². The van der Waals surface area contributed by atoms with Crippen LogP contribution in [0, 0.1) is 0 Å². The molecule has 5 nitrogen and oxygen atoms in total. The lowest BCUT2D eigenvalue weighted by Gasteiger charge is -2.08. The molecule has 0 bridgehead atoms. The molecule has 1 heterocycles. The molecule has 1 aromatic carbocycles. The minimum absolute atomic E-state index is 0.0829. The van der Waals surface area contributed by atoms with E-state index < -0.39 is 0 Å². The van der Waals surface area contributed by atoms with Gasteiger partial charge in [-0.1, -0.05) is 19.1 Å². The minimum Gasteiger partial charge on any atom is -0.497 e. The molecule has 0 unspecified atom stereocenters. The Balaban J connectivity index is 1.84. The van der Waals surface area contributed by atoms with Gasteiger partial charge in [-0.05, 0) is 42.7 Å². The Morgan fingerprint density at radius 2 is 1.96 bits per heavy atom. The summed E-state index contributed by atoms with van der Waals surface area (Å²) in [6.45, 7) is 3.52. The molecule has 1 aromatic heterocycles. The number of aromatic nitrogens is 1. The first-order valence-electron chi connectivity index (χ1n) is 7.84. The fourth-order valence-electron chi connectivity index (χ4n) is 2.14. The largest absolute Gasteiger partial charge is 0.497 e. The Morgan fingerprint density at radius 3 is 2.65 bits per heavy atom.